The van der Waals surface area contributed by atoms with Gasteiger partial charge in [-0.15, -0.1) is 10.2 Å². The van der Waals surface area contributed by atoms with E-state index in [0.29, 0.717) is 23.5 Å². The second kappa shape index (κ2) is 10.4. The van der Waals surface area contributed by atoms with Gasteiger partial charge in [0.25, 0.3) is 5.56 Å². The van der Waals surface area contributed by atoms with Gasteiger partial charge in [-0.3, -0.25) is 9.59 Å². The second-order valence-electron chi connectivity index (χ2n) is 9.28. The average Bonchev–Trinajstić information content (AvgIpc) is 3.65. The lowest BCUT2D eigenvalue weighted by atomic mass is 9.98. The molecule has 0 bridgehead atoms. The number of benzene rings is 2. The fraction of sp³-hybridized carbons (Fsp3) is 0.103. The third kappa shape index (κ3) is 4.92. The summed E-state index contributed by atoms with van der Waals surface area (Å²) >= 11 is 0. The number of carbonyl (C=O) groups is 1. The summed E-state index contributed by atoms with van der Waals surface area (Å²) in [6.45, 7) is 0.0209. The minimum atomic E-state index is -0.990. The fourth-order valence-corrected chi connectivity index (χ4v) is 4.64. The molecule has 4 heterocycles. The highest BCUT2D eigenvalue weighted by atomic mass is 19.2. The molecule has 2 N–H and O–H groups in total. The van der Waals surface area contributed by atoms with Crippen LogP contribution in [0.5, 0.6) is 0 Å². The predicted octanol–water partition coefficient (Wildman–Crippen LogP) is 4.71. The van der Waals surface area contributed by atoms with Crippen molar-refractivity contribution in [1.82, 2.24) is 35.2 Å². The Morgan fingerprint density at radius 1 is 0.950 bits per heavy atom. The summed E-state index contributed by atoms with van der Waals surface area (Å²) in [6, 6.07) is 16.3. The molecule has 40 heavy (non-hydrogen) atoms. The van der Waals surface area contributed by atoms with Crippen molar-refractivity contribution in [3.63, 3.8) is 0 Å². The van der Waals surface area contributed by atoms with Crippen LogP contribution in [0.3, 0.4) is 0 Å². The van der Waals surface area contributed by atoms with E-state index in [2.05, 4.69) is 30.6 Å². The maximum Gasteiger partial charge on any atom is 0.261 e. The first-order valence-electron chi connectivity index (χ1n) is 12.4. The van der Waals surface area contributed by atoms with Crippen LogP contribution in [0, 0.1) is 11.6 Å². The van der Waals surface area contributed by atoms with E-state index in [-0.39, 0.29) is 24.3 Å². The van der Waals surface area contributed by atoms with Crippen LogP contribution < -0.4 is 5.56 Å². The summed E-state index contributed by atoms with van der Waals surface area (Å²) in [6.07, 6.45) is 5.63. The molecule has 0 spiro atoms. The lowest BCUT2D eigenvalue weighted by Crippen LogP contribution is -2.26. The summed E-state index contributed by atoms with van der Waals surface area (Å²) < 4.78 is 28.2. The SMILES string of the molecule is O=C(CCc1cccc(-c2c[nH]c3ncc(-c4nn[nH]n4)cc23)c1)c1cccn(Cc2ccc(F)c(F)c2)c1=O. The summed E-state index contributed by atoms with van der Waals surface area (Å²) in [4.78, 5) is 33.6. The topological polar surface area (TPSA) is 122 Å². The molecule has 0 fully saturated rings. The van der Waals surface area contributed by atoms with Crippen LogP contribution in [0.4, 0.5) is 8.78 Å². The zero-order valence-corrected chi connectivity index (χ0v) is 20.9. The molecule has 4 aromatic heterocycles. The molecule has 0 aliphatic heterocycles. The molecule has 0 saturated carbocycles. The van der Waals surface area contributed by atoms with Crippen molar-refractivity contribution in [2.24, 2.45) is 0 Å². The zero-order chi connectivity index (χ0) is 27.6. The highest BCUT2D eigenvalue weighted by molar-refractivity contribution is 5.96. The molecule has 0 aliphatic carbocycles. The van der Waals surface area contributed by atoms with E-state index in [1.807, 2.05) is 36.5 Å². The Hall–Kier alpha value is -5.32. The minimum absolute atomic E-state index is 0.0209. The minimum Gasteiger partial charge on any atom is -0.346 e. The smallest absolute Gasteiger partial charge is 0.261 e. The standard InChI is InChI=1S/C29H21F2N7O2/c30-24-8-6-18(12-25(24)31)16-38-10-2-5-21(29(38)40)26(39)9-7-17-3-1-4-19(11-17)23-15-33-28-22(23)13-20(14-32-28)27-34-36-37-35-27/h1-6,8,10-15H,7,9,16H2,(H,32,33)(H,34,35,36,37). The van der Waals surface area contributed by atoms with E-state index in [1.54, 1.807) is 12.3 Å². The molecule has 2 aromatic carbocycles. The van der Waals surface area contributed by atoms with Gasteiger partial charge in [-0.1, -0.05) is 30.3 Å². The van der Waals surface area contributed by atoms with Crippen LogP contribution >= 0.6 is 0 Å². The Morgan fingerprint density at radius 3 is 2.67 bits per heavy atom. The van der Waals surface area contributed by atoms with Gasteiger partial charge in [0.15, 0.2) is 17.4 Å². The van der Waals surface area contributed by atoms with Crippen LogP contribution in [-0.2, 0) is 13.0 Å². The van der Waals surface area contributed by atoms with Gasteiger partial charge in [0, 0.05) is 41.5 Å². The average molecular weight is 538 g/mol. The number of nitrogens with zero attached hydrogens (tertiary/aromatic N) is 5. The Balaban J connectivity index is 1.20. The maximum atomic E-state index is 13.6. The van der Waals surface area contributed by atoms with Crippen molar-refractivity contribution in [3.8, 4) is 22.5 Å². The number of carbonyl (C=O) groups excluding carboxylic acids is 1. The Labute approximate surface area is 225 Å². The number of aromatic amines is 2. The Kier molecular flexibility index (Phi) is 6.52. The van der Waals surface area contributed by atoms with Gasteiger partial charge in [0.2, 0.25) is 5.82 Å². The fourth-order valence-electron chi connectivity index (χ4n) is 4.64. The molecule has 0 aliphatic rings. The molecule has 6 rings (SSSR count). The number of tetrazole rings is 1. The van der Waals surface area contributed by atoms with Gasteiger partial charge in [-0.05, 0) is 58.7 Å². The number of hydrogen-bond donors (Lipinski definition) is 2. The number of pyridine rings is 2. The predicted molar refractivity (Wildman–Crippen MR) is 144 cm³/mol. The molecule has 9 nitrogen and oxygen atoms in total. The molecule has 0 atom stereocenters. The van der Waals surface area contributed by atoms with Gasteiger partial charge >= 0.3 is 0 Å². The molecule has 0 unspecified atom stereocenters. The number of Topliss-reactive ketones (excluding diaryl/α,β-unsaturated/α-hetero) is 1. The lowest BCUT2D eigenvalue weighted by Gasteiger charge is -2.09. The van der Waals surface area contributed by atoms with Crippen LogP contribution in [0.1, 0.15) is 27.9 Å². The van der Waals surface area contributed by atoms with E-state index in [1.165, 1.54) is 22.9 Å². The van der Waals surface area contributed by atoms with Crippen molar-refractivity contribution in [2.45, 2.75) is 19.4 Å². The second-order valence-corrected chi connectivity index (χ2v) is 9.28. The van der Waals surface area contributed by atoms with Crippen LogP contribution in [-0.4, -0.2) is 40.9 Å². The maximum absolute atomic E-state index is 13.6. The number of aryl methyl sites for hydroxylation is 1. The summed E-state index contributed by atoms with van der Waals surface area (Å²) in [5.41, 5.74) is 4.24. The summed E-state index contributed by atoms with van der Waals surface area (Å²) in [5.74, 6) is -1.80. The van der Waals surface area contributed by atoms with Gasteiger partial charge in [0.1, 0.15) is 5.65 Å². The van der Waals surface area contributed by atoms with E-state index >= 15 is 0 Å². The van der Waals surface area contributed by atoms with Gasteiger partial charge < -0.3 is 9.55 Å². The molecule has 6 aromatic rings. The van der Waals surface area contributed by atoms with E-state index in [9.17, 15) is 18.4 Å². The number of halogens is 2. The van der Waals surface area contributed by atoms with Crippen molar-refractivity contribution in [3.05, 3.63) is 118 Å². The van der Waals surface area contributed by atoms with Gasteiger partial charge in [0.05, 0.1) is 12.1 Å². The van der Waals surface area contributed by atoms with Crippen molar-refractivity contribution < 1.29 is 13.6 Å². The van der Waals surface area contributed by atoms with Gasteiger partial charge in [-0.2, -0.15) is 5.21 Å². The quantitative estimate of drug-likeness (QED) is 0.271. The number of ketones is 1. The molecule has 198 valence electrons. The molecule has 11 heteroatoms. The summed E-state index contributed by atoms with van der Waals surface area (Å²) in [7, 11) is 0. The highest BCUT2D eigenvalue weighted by Gasteiger charge is 2.15. The third-order valence-electron chi connectivity index (χ3n) is 6.67. The highest BCUT2D eigenvalue weighted by Crippen LogP contribution is 2.30. The number of rotatable bonds is 8. The number of hydrogen-bond acceptors (Lipinski definition) is 6. The largest absolute Gasteiger partial charge is 0.346 e. The first kappa shape index (κ1) is 25.0. The van der Waals surface area contributed by atoms with E-state index in [4.69, 9.17) is 0 Å². The van der Waals surface area contributed by atoms with Crippen molar-refractivity contribution in [2.75, 3.05) is 0 Å². The first-order valence-corrected chi connectivity index (χ1v) is 12.4. The number of fused-ring (bicyclic) bond motifs is 1. The normalized spacial score (nSPS) is 11.2. The molecule has 0 saturated heterocycles. The van der Waals surface area contributed by atoms with Crippen LogP contribution in [0.25, 0.3) is 33.5 Å². The monoisotopic (exact) mass is 537 g/mol. The van der Waals surface area contributed by atoms with E-state index in [0.717, 1.165) is 39.8 Å². The first-order chi connectivity index (χ1) is 19.5. The van der Waals surface area contributed by atoms with Crippen molar-refractivity contribution in [1.29, 1.82) is 0 Å². The Morgan fingerprint density at radius 2 is 1.85 bits per heavy atom. The van der Waals surface area contributed by atoms with Gasteiger partial charge in [-0.25, -0.2) is 13.8 Å². The molecular formula is C29H21F2N7O2. The summed E-state index contributed by atoms with van der Waals surface area (Å²) in [5, 5.41) is 15.0. The third-order valence-corrected chi connectivity index (χ3v) is 6.67. The number of nitrogens with one attached hydrogen (secondary N) is 2. The Bertz CT molecular complexity index is 1910. The number of H-pyrrole nitrogens is 2. The molecular weight excluding hydrogens is 516 g/mol. The number of aromatic nitrogens is 7. The zero-order valence-electron chi connectivity index (χ0n) is 20.9. The van der Waals surface area contributed by atoms with Crippen molar-refractivity contribution >= 4 is 16.8 Å². The lowest BCUT2D eigenvalue weighted by molar-refractivity contribution is 0.0980. The molecule has 0 amide bonds. The van der Waals surface area contributed by atoms with Crippen LogP contribution in [0.2, 0.25) is 0 Å². The van der Waals surface area contributed by atoms with E-state index < -0.39 is 17.2 Å². The molecule has 0 radical (unpaired) electrons. The van der Waals surface area contributed by atoms with Crippen LogP contribution in [0.15, 0.2) is 84.0 Å².